The Kier molecular flexibility index (Phi) is 6.43. The van der Waals surface area contributed by atoms with Crippen molar-refractivity contribution < 1.29 is 14.3 Å². The zero-order valence-corrected chi connectivity index (χ0v) is 14.6. The van der Waals surface area contributed by atoms with Crippen LogP contribution in [0, 0.1) is 11.2 Å². The number of amides is 2. The lowest BCUT2D eigenvalue weighted by atomic mass is 9.81. The molecule has 6 heteroatoms. The first kappa shape index (κ1) is 18.5. The Labute approximate surface area is 143 Å². The second-order valence-corrected chi connectivity index (χ2v) is 6.91. The summed E-state index contributed by atoms with van der Waals surface area (Å²) in [4.78, 5) is 15.8. The van der Waals surface area contributed by atoms with Gasteiger partial charge in [0.15, 0.2) is 0 Å². The van der Waals surface area contributed by atoms with Gasteiger partial charge in [-0.15, -0.1) is 0 Å². The molecule has 1 heterocycles. The van der Waals surface area contributed by atoms with Crippen molar-refractivity contribution in [1.82, 2.24) is 10.2 Å². The molecular weight excluding hydrogens is 309 g/mol. The number of carbonyl (C=O) groups excluding carboxylic acids is 1. The van der Waals surface area contributed by atoms with Gasteiger partial charge in [0, 0.05) is 39.8 Å². The molecule has 2 amide bonds. The van der Waals surface area contributed by atoms with Crippen LogP contribution in [0.4, 0.5) is 14.9 Å². The van der Waals surface area contributed by atoms with E-state index in [-0.39, 0.29) is 23.9 Å². The van der Waals surface area contributed by atoms with Crippen molar-refractivity contribution in [2.45, 2.75) is 26.2 Å². The summed E-state index contributed by atoms with van der Waals surface area (Å²) in [6.07, 6.45) is 2.40. The molecular formula is C18H28FN3O2. The van der Waals surface area contributed by atoms with Gasteiger partial charge in [-0.25, -0.2) is 9.18 Å². The molecule has 1 aliphatic rings. The number of piperidine rings is 1. The third-order valence-electron chi connectivity index (χ3n) is 4.85. The Balaban J connectivity index is 1.67. The molecule has 0 spiro atoms. The van der Waals surface area contributed by atoms with E-state index in [4.69, 9.17) is 0 Å². The number of likely N-dealkylation sites (tertiary alicyclic amines) is 1. The fraction of sp³-hybridized carbons (Fsp3) is 0.611. The van der Waals surface area contributed by atoms with Gasteiger partial charge in [-0.2, -0.15) is 0 Å². The van der Waals surface area contributed by atoms with Crippen molar-refractivity contribution in [3.05, 3.63) is 30.1 Å². The highest BCUT2D eigenvalue weighted by Gasteiger charge is 2.31. The van der Waals surface area contributed by atoms with Crippen LogP contribution >= 0.6 is 0 Å². The number of para-hydroxylation sites is 1. The third-order valence-corrected chi connectivity index (χ3v) is 4.85. The van der Waals surface area contributed by atoms with Crippen LogP contribution in [0.25, 0.3) is 0 Å². The van der Waals surface area contributed by atoms with E-state index in [1.165, 1.54) is 6.07 Å². The van der Waals surface area contributed by atoms with Crippen LogP contribution in [-0.4, -0.2) is 55.9 Å². The zero-order chi connectivity index (χ0) is 17.6. The molecule has 0 bridgehead atoms. The molecule has 134 valence electrons. The van der Waals surface area contributed by atoms with Crippen LogP contribution in [0.3, 0.4) is 0 Å². The first-order chi connectivity index (χ1) is 11.4. The van der Waals surface area contributed by atoms with Gasteiger partial charge in [-0.05, 0) is 36.8 Å². The van der Waals surface area contributed by atoms with Crippen molar-refractivity contribution in [2.75, 3.05) is 44.7 Å². The Bertz CT molecular complexity index is 545. The molecule has 2 N–H and O–H groups in total. The predicted molar refractivity (Wildman–Crippen MR) is 93.7 cm³/mol. The quantitative estimate of drug-likeness (QED) is 0.784. The SMILES string of the molecule is CN(CCCNC(=O)N1CCC(C)(CO)CC1)c1ccccc1F. The predicted octanol–water partition coefficient (Wildman–Crippen LogP) is 2.46. The molecule has 0 aliphatic carbocycles. The summed E-state index contributed by atoms with van der Waals surface area (Å²) in [5, 5.41) is 12.3. The number of anilines is 1. The normalized spacial score (nSPS) is 16.8. The van der Waals surface area contributed by atoms with Gasteiger partial charge in [0.2, 0.25) is 0 Å². The molecule has 1 fully saturated rings. The van der Waals surface area contributed by atoms with Gasteiger partial charge < -0.3 is 20.2 Å². The Hall–Kier alpha value is -1.82. The highest BCUT2D eigenvalue weighted by molar-refractivity contribution is 5.74. The number of carbonyl (C=O) groups is 1. The summed E-state index contributed by atoms with van der Waals surface area (Å²) < 4.78 is 13.7. The first-order valence-electron chi connectivity index (χ1n) is 8.54. The summed E-state index contributed by atoms with van der Waals surface area (Å²) in [6, 6.07) is 6.63. The molecule has 1 aromatic carbocycles. The van der Waals surface area contributed by atoms with E-state index in [9.17, 15) is 14.3 Å². The minimum atomic E-state index is -0.232. The van der Waals surface area contributed by atoms with Gasteiger partial charge >= 0.3 is 6.03 Å². The minimum absolute atomic E-state index is 0.0523. The molecule has 0 unspecified atom stereocenters. The number of halogens is 1. The molecule has 1 aliphatic heterocycles. The number of urea groups is 1. The Morgan fingerprint density at radius 2 is 2.04 bits per heavy atom. The fourth-order valence-corrected chi connectivity index (χ4v) is 2.91. The molecule has 0 atom stereocenters. The molecule has 5 nitrogen and oxygen atoms in total. The van der Waals surface area contributed by atoms with E-state index in [1.54, 1.807) is 17.0 Å². The smallest absolute Gasteiger partial charge is 0.317 e. The molecule has 2 rings (SSSR count). The molecule has 0 radical (unpaired) electrons. The van der Waals surface area contributed by atoms with Crippen LogP contribution in [0.2, 0.25) is 0 Å². The third kappa shape index (κ3) is 4.84. The van der Waals surface area contributed by atoms with Gasteiger partial charge in [0.25, 0.3) is 0 Å². The maximum atomic E-state index is 13.7. The summed E-state index contributed by atoms with van der Waals surface area (Å²) in [5.74, 6) is -0.232. The van der Waals surface area contributed by atoms with E-state index >= 15 is 0 Å². The highest BCUT2D eigenvalue weighted by atomic mass is 19.1. The fourth-order valence-electron chi connectivity index (χ4n) is 2.91. The van der Waals surface area contributed by atoms with Crippen LogP contribution in [0.1, 0.15) is 26.2 Å². The number of hydrogen-bond donors (Lipinski definition) is 2. The van der Waals surface area contributed by atoms with Crippen LogP contribution in [-0.2, 0) is 0 Å². The van der Waals surface area contributed by atoms with Gasteiger partial charge in [0.05, 0.1) is 5.69 Å². The van der Waals surface area contributed by atoms with Gasteiger partial charge in [-0.3, -0.25) is 0 Å². The number of hydrogen-bond acceptors (Lipinski definition) is 3. The van der Waals surface area contributed by atoms with Crippen molar-refractivity contribution in [3.8, 4) is 0 Å². The molecule has 1 aromatic rings. The lowest BCUT2D eigenvalue weighted by Gasteiger charge is -2.38. The number of rotatable bonds is 6. The number of benzene rings is 1. The van der Waals surface area contributed by atoms with E-state index in [1.807, 2.05) is 18.0 Å². The number of nitrogens with one attached hydrogen (secondary N) is 1. The second kappa shape index (κ2) is 8.33. The Morgan fingerprint density at radius 1 is 1.38 bits per heavy atom. The van der Waals surface area contributed by atoms with Crippen molar-refractivity contribution in [2.24, 2.45) is 5.41 Å². The average Bonchev–Trinajstić information content (AvgIpc) is 2.59. The maximum absolute atomic E-state index is 13.7. The van der Waals surface area contributed by atoms with Gasteiger partial charge in [0.1, 0.15) is 5.82 Å². The second-order valence-electron chi connectivity index (χ2n) is 6.91. The van der Waals surface area contributed by atoms with Crippen LogP contribution < -0.4 is 10.2 Å². The highest BCUT2D eigenvalue weighted by Crippen LogP contribution is 2.29. The summed E-state index contributed by atoms with van der Waals surface area (Å²) in [7, 11) is 1.85. The number of aliphatic hydroxyl groups is 1. The minimum Gasteiger partial charge on any atom is -0.396 e. The van der Waals surface area contributed by atoms with Crippen LogP contribution in [0.15, 0.2) is 24.3 Å². The van der Waals surface area contributed by atoms with Crippen LogP contribution in [0.5, 0.6) is 0 Å². The molecule has 0 saturated carbocycles. The van der Waals surface area contributed by atoms with E-state index in [2.05, 4.69) is 12.2 Å². The number of nitrogens with zero attached hydrogens (tertiary/aromatic N) is 2. The van der Waals surface area contributed by atoms with E-state index in [0.29, 0.717) is 31.9 Å². The summed E-state index contributed by atoms with van der Waals surface area (Å²) in [6.45, 7) is 4.82. The average molecular weight is 337 g/mol. The first-order valence-corrected chi connectivity index (χ1v) is 8.54. The maximum Gasteiger partial charge on any atom is 0.317 e. The molecule has 0 aromatic heterocycles. The topological polar surface area (TPSA) is 55.8 Å². The van der Waals surface area contributed by atoms with Gasteiger partial charge in [-0.1, -0.05) is 19.1 Å². The standard InChI is InChI=1S/C18H28FN3O2/c1-18(14-23)8-12-22(13-9-18)17(24)20-10-5-11-21(2)16-7-4-3-6-15(16)19/h3-4,6-7,23H,5,8-14H2,1-2H3,(H,20,24). The zero-order valence-electron chi connectivity index (χ0n) is 14.6. The summed E-state index contributed by atoms with van der Waals surface area (Å²) >= 11 is 0. The van der Waals surface area contributed by atoms with Crippen molar-refractivity contribution in [1.29, 1.82) is 0 Å². The van der Waals surface area contributed by atoms with Crippen molar-refractivity contribution in [3.63, 3.8) is 0 Å². The number of aliphatic hydroxyl groups excluding tert-OH is 1. The van der Waals surface area contributed by atoms with Crippen molar-refractivity contribution >= 4 is 11.7 Å². The largest absolute Gasteiger partial charge is 0.396 e. The molecule has 1 saturated heterocycles. The Morgan fingerprint density at radius 3 is 2.67 bits per heavy atom. The lowest BCUT2D eigenvalue weighted by molar-refractivity contribution is 0.0701. The van der Waals surface area contributed by atoms with E-state index < -0.39 is 0 Å². The summed E-state index contributed by atoms with van der Waals surface area (Å²) in [5.41, 5.74) is 0.516. The monoisotopic (exact) mass is 337 g/mol. The lowest BCUT2D eigenvalue weighted by Crippen LogP contribution is -2.47. The molecule has 24 heavy (non-hydrogen) atoms. The van der Waals surface area contributed by atoms with E-state index in [0.717, 1.165) is 19.3 Å².